The molecule has 0 atom stereocenters. The van der Waals surface area contributed by atoms with Crippen LogP contribution in [0.15, 0.2) is 24.4 Å². The highest BCUT2D eigenvalue weighted by atomic mass is 35.5. The van der Waals surface area contributed by atoms with Gasteiger partial charge in [-0.05, 0) is 26.0 Å². The van der Waals surface area contributed by atoms with E-state index in [0.717, 1.165) is 12.3 Å². The second kappa shape index (κ2) is 6.84. The lowest BCUT2D eigenvalue weighted by Gasteiger charge is -2.16. The quantitative estimate of drug-likeness (QED) is 0.686. The van der Waals surface area contributed by atoms with Crippen molar-refractivity contribution in [3.63, 3.8) is 0 Å². The first-order valence-electron chi connectivity index (χ1n) is 6.90. The Bertz CT molecular complexity index is 748. The summed E-state index contributed by atoms with van der Waals surface area (Å²) in [5.41, 5.74) is -1.09. The van der Waals surface area contributed by atoms with Gasteiger partial charge in [0, 0.05) is 23.4 Å². The van der Waals surface area contributed by atoms with Crippen LogP contribution in [0.1, 0.15) is 19.5 Å². The number of halogens is 5. The molecule has 0 saturated carbocycles. The lowest BCUT2D eigenvalue weighted by Crippen LogP contribution is -2.09. The lowest BCUT2D eigenvalue weighted by molar-refractivity contribution is -0.141. The Hall–Kier alpha value is -2.02. The minimum Gasteiger partial charge on any atom is -0.496 e. The SMILES string of the molecule is COc1cc(C(F)(F)F)ncc1-c1cc(OC(C)C)c(Cl)cc1F. The highest BCUT2D eigenvalue weighted by Crippen LogP contribution is 2.39. The lowest BCUT2D eigenvalue weighted by atomic mass is 10.0. The molecule has 0 bridgehead atoms. The predicted octanol–water partition coefficient (Wildman–Crippen LogP) is 5.36. The van der Waals surface area contributed by atoms with E-state index in [9.17, 15) is 17.6 Å². The molecular weight excluding hydrogens is 350 g/mol. The van der Waals surface area contributed by atoms with E-state index in [1.165, 1.54) is 13.2 Å². The van der Waals surface area contributed by atoms with E-state index >= 15 is 0 Å². The standard InChI is InChI=1S/C16H14ClF4NO2/c1-8(2)24-14-4-9(12(18)5-11(14)17)10-7-22-15(16(19,20)21)6-13(10)23-3/h4-8H,1-3H3. The molecular formula is C16H14ClF4NO2. The zero-order valence-corrected chi connectivity index (χ0v) is 13.8. The van der Waals surface area contributed by atoms with Crippen LogP contribution in [0.3, 0.4) is 0 Å². The molecule has 0 amide bonds. The Labute approximate surface area is 141 Å². The predicted molar refractivity (Wildman–Crippen MR) is 82.0 cm³/mol. The molecule has 0 N–H and O–H groups in total. The van der Waals surface area contributed by atoms with E-state index in [-0.39, 0.29) is 33.8 Å². The van der Waals surface area contributed by atoms with Crippen LogP contribution in [0, 0.1) is 5.82 Å². The van der Waals surface area contributed by atoms with Crippen LogP contribution in [0.25, 0.3) is 11.1 Å². The molecule has 0 saturated heterocycles. The monoisotopic (exact) mass is 363 g/mol. The van der Waals surface area contributed by atoms with Gasteiger partial charge in [-0.1, -0.05) is 11.6 Å². The molecule has 0 radical (unpaired) electrons. The number of hydrogen-bond donors (Lipinski definition) is 0. The van der Waals surface area contributed by atoms with Gasteiger partial charge in [-0.25, -0.2) is 4.39 Å². The number of methoxy groups -OCH3 is 1. The second-order valence-electron chi connectivity index (χ2n) is 5.20. The van der Waals surface area contributed by atoms with E-state index in [0.29, 0.717) is 6.07 Å². The first-order chi connectivity index (χ1) is 11.1. The Morgan fingerprint density at radius 3 is 2.29 bits per heavy atom. The van der Waals surface area contributed by atoms with Gasteiger partial charge in [-0.2, -0.15) is 13.2 Å². The third-order valence-corrected chi connectivity index (χ3v) is 3.35. The van der Waals surface area contributed by atoms with Gasteiger partial charge < -0.3 is 9.47 Å². The van der Waals surface area contributed by atoms with Crippen LogP contribution in [-0.2, 0) is 6.18 Å². The third kappa shape index (κ3) is 3.90. The van der Waals surface area contributed by atoms with Crippen molar-refractivity contribution in [1.82, 2.24) is 4.98 Å². The fourth-order valence-corrected chi connectivity index (χ4v) is 2.24. The highest BCUT2D eigenvalue weighted by molar-refractivity contribution is 6.32. The highest BCUT2D eigenvalue weighted by Gasteiger charge is 2.33. The van der Waals surface area contributed by atoms with E-state index in [4.69, 9.17) is 21.1 Å². The number of benzene rings is 1. The number of rotatable bonds is 4. The maximum atomic E-state index is 14.3. The van der Waals surface area contributed by atoms with Crippen molar-refractivity contribution in [2.45, 2.75) is 26.1 Å². The van der Waals surface area contributed by atoms with E-state index < -0.39 is 17.7 Å². The summed E-state index contributed by atoms with van der Waals surface area (Å²) < 4.78 is 62.9. The molecule has 0 aliphatic rings. The molecule has 0 aliphatic heterocycles. The summed E-state index contributed by atoms with van der Waals surface area (Å²) in [6.07, 6.45) is -3.93. The molecule has 8 heteroatoms. The number of nitrogens with zero attached hydrogens (tertiary/aromatic N) is 1. The molecule has 1 heterocycles. The summed E-state index contributed by atoms with van der Waals surface area (Å²) in [6.45, 7) is 3.53. The largest absolute Gasteiger partial charge is 0.496 e. The van der Waals surface area contributed by atoms with Crippen molar-refractivity contribution in [2.75, 3.05) is 7.11 Å². The molecule has 0 aliphatic carbocycles. The maximum absolute atomic E-state index is 14.3. The Morgan fingerprint density at radius 1 is 1.08 bits per heavy atom. The smallest absolute Gasteiger partial charge is 0.433 e. The fourth-order valence-electron chi connectivity index (χ4n) is 2.04. The van der Waals surface area contributed by atoms with Crippen LogP contribution in [0.2, 0.25) is 5.02 Å². The van der Waals surface area contributed by atoms with Crippen LogP contribution >= 0.6 is 11.6 Å². The first kappa shape index (κ1) is 18.3. The number of hydrogen-bond acceptors (Lipinski definition) is 3. The topological polar surface area (TPSA) is 31.4 Å². The van der Waals surface area contributed by atoms with Crippen molar-refractivity contribution in [2.24, 2.45) is 0 Å². The van der Waals surface area contributed by atoms with Crippen LogP contribution in [0.4, 0.5) is 17.6 Å². The van der Waals surface area contributed by atoms with Crippen LogP contribution in [-0.4, -0.2) is 18.2 Å². The summed E-state index contributed by atoms with van der Waals surface area (Å²) in [7, 11) is 1.19. The zero-order chi connectivity index (χ0) is 18.1. The number of ether oxygens (including phenoxy) is 2. The molecule has 130 valence electrons. The molecule has 0 fully saturated rings. The minimum absolute atomic E-state index is 0.0203. The fraction of sp³-hybridized carbons (Fsp3) is 0.312. The average Bonchev–Trinajstić information content (AvgIpc) is 2.48. The number of aromatic nitrogens is 1. The molecule has 2 rings (SSSR count). The van der Waals surface area contributed by atoms with Gasteiger partial charge in [-0.15, -0.1) is 0 Å². The molecule has 0 unspecified atom stereocenters. The van der Waals surface area contributed by atoms with E-state index in [1.807, 2.05) is 0 Å². The van der Waals surface area contributed by atoms with Crippen LogP contribution < -0.4 is 9.47 Å². The van der Waals surface area contributed by atoms with Gasteiger partial charge in [0.2, 0.25) is 0 Å². The summed E-state index contributed by atoms with van der Waals surface area (Å²) in [4.78, 5) is 3.34. The van der Waals surface area contributed by atoms with E-state index in [2.05, 4.69) is 4.98 Å². The normalized spacial score (nSPS) is 11.7. The number of alkyl halides is 3. The van der Waals surface area contributed by atoms with Crippen molar-refractivity contribution < 1.29 is 27.0 Å². The van der Waals surface area contributed by atoms with Crippen molar-refractivity contribution >= 4 is 11.6 Å². The van der Waals surface area contributed by atoms with Crippen LogP contribution in [0.5, 0.6) is 11.5 Å². The average molecular weight is 364 g/mol. The molecule has 2 aromatic rings. The Kier molecular flexibility index (Phi) is 5.22. The molecule has 1 aromatic heterocycles. The summed E-state index contributed by atoms with van der Waals surface area (Å²) in [5, 5.41) is 0.0591. The zero-order valence-electron chi connectivity index (χ0n) is 13.0. The second-order valence-corrected chi connectivity index (χ2v) is 5.60. The summed E-state index contributed by atoms with van der Waals surface area (Å²) >= 11 is 5.93. The minimum atomic E-state index is -4.63. The number of pyridine rings is 1. The van der Waals surface area contributed by atoms with Crippen molar-refractivity contribution in [1.29, 1.82) is 0 Å². The molecule has 1 aromatic carbocycles. The first-order valence-corrected chi connectivity index (χ1v) is 7.28. The molecule has 24 heavy (non-hydrogen) atoms. The maximum Gasteiger partial charge on any atom is 0.433 e. The Balaban J connectivity index is 2.59. The summed E-state index contributed by atoms with van der Waals surface area (Å²) in [5.74, 6) is -0.671. The van der Waals surface area contributed by atoms with Gasteiger partial charge in [-0.3, -0.25) is 4.98 Å². The molecule has 3 nitrogen and oxygen atoms in total. The third-order valence-electron chi connectivity index (χ3n) is 3.05. The van der Waals surface area contributed by atoms with Gasteiger partial charge in [0.25, 0.3) is 0 Å². The Morgan fingerprint density at radius 2 is 1.75 bits per heavy atom. The van der Waals surface area contributed by atoms with Gasteiger partial charge in [0.15, 0.2) is 0 Å². The summed E-state index contributed by atoms with van der Waals surface area (Å²) in [6, 6.07) is 3.06. The van der Waals surface area contributed by atoms with Gasteiger partial charge >= 0.3 is 6.18 Å². The van der Waals surface area contributed by atoms with Crippen molar-refractivity contribution in [3.8, 4) is 22.6 Å². The van der Waals surface area contributed by atoms with Gasteiger partial charge in [0.05, 0.1) is 18.2 Å². The van der Waals surface area contributed by atoms with Gasteiger partial charge in [0.1, 0.15) is 23.0 Å². The molecule has 0 spiro atoms. The van der Waals surface area contributed by atoms with E-state index in [1.54, 1.807) is 13.8 Å². The van der Waals surface area contributed by atoms with Crippen molar-refractivity contribution in [3.05, 3.63) is 40.9 Å².